The maximum atomic E-state index is 13.1. The number of amides is 2. The van der Waals surface area contributed by atoms with Crippen LogP contribution in [-0.2, 0) is 9.47 Å². The Morgan fingerprint density at radius 1 is 1.23 bits per heavy atom. The van der Waals surface area contributed by atoms with Gasteiger partial charge in [0, 0.05) is 32.0 Å². The van der Waals surface area contributed by atoms with Gasteiger partial charge < -0.3 is 24.6 Å². The fourth-order valence-electron chi connectivity index (χ4n) is 3.65. The molecule has 2 fully saturated rings. The lowest BCUT2D eigenvalue weighted by Crippen LogP contribution is -2.65. The van der Waals surface area contributed by atoms with Gasteiger partial charge in [-0.2, -0.15) is 5.10 Å². The largest absolute Gasteiger partial charge is 0.378 e. The van der Waals surface area contributed by atoms with Gasteiger partial charge >= 0.3 is 6.03 Å². The van der Waals surface area contributed by atoms with Crippen LogP contribution in [0.4, 0.5) is 10.5 Å². The van der Waals surface area contributed by atoms with Gasteiger partial charge in [-0.3, -0.25) is 0 Å². The summed E-state index contributed by atoms with van der Waals surface area (Å²) < 4.78 is 13.2. The molecule has 2 saturated heterocycles. The smallest absolute Gasteiger partial charge is 0.322 e. The fraction of sp³-hybridized carbons (Fsp3) is 0.588. The molecule has 0 radical (unpaired) electrons. The number of aryl methyl sites for hydroxylation is 1. The predicted molar refractivity (Wildman–Crippen MR) is 95.3 cm³/mol. The van der Waals surface area contributed by atoms with Crippen LogP contribution in [0.25, 0.3) is 5.65 Å². The molecule has 1 unspecified atom stereocenters. The first-order valence-corrected chi connectivity index (χ1v) is 8.80. The number of ether oxygens (including phenoxy) is 2. The second-order valence-electron chi connectivity index (χ2n) is 7.11. The molecule has 4 heterocycles. The summed E-state index contributed by atoms with van der Waals surface area (Å²) in [7, 11) is 2.04. The van der Waals surface area contributed by atoms with Crippen molar-refractivity contribution in [3.63, 3.8) is 0 Å². The third-order valence-electron chi connectivity index (χ3n) is 4.93. The van der Waals surface area contributed by atoms with Gasteiger partial charge in [0.1, 0.15) is 11.2 Å². The van der Waals surface area contributed by atoms with Crippen molar-refractivity contribution in [1.82, 2.24) is 24.4 Å². The van der Waals surface area contributed by atoms with E-state index in [0.29, 0.717) is 50.9 Å². The standard InChI is InChI=1S/C17H24N6O3/c1-13-7-18-15-14(8-19-23(15)9-13)20-16(24)22-4-6-26-12-17(22)10-21(2)3-5-25-11-17/h7-9H,3-6,10-12H2,1-2H3,(H,20,24). The van der Waals surface area contributed by atoms with Crippen molar-refractivity contribution >= 4 is 17.4 Å². The maximum absolute atomic E-state index is 13.1. The van der Waals surface area contributed by atoms with E-state index in [-0.39, 0.29) is 6.03 Å². The topological polar surface area (TPSA) is 84.2 Å². The van der Waals surface area contributed by atoms with Crippen molar-refractivity contribution in [2.75, 3.05) is 58.4 Å². The number of hydrogen-bond donors (Lipinski definition) is 1. The number of hydrogen-bond acceptors (Lipinski definition) is 6. The molecule has 2 amide bonds. The molecule has 0 bridgehead atoms. The zero-order valence-corrected chi connectivity index (χ0v) is 15.1. The van der Waals surface area contributed by atoms with Crippen molar-refractivity contribution < 1.29 is 14.3 Å². The average molecular weight is 360 g/mol. The number of anilines is 1. The Kier molecular flexibility index (Phi) is 4.51. The number of likely N-dealkylation sites (N-methyl/N-ethyl adjacent to an activating group) is 1. The summed E-state index contributed by atoms with van der Waals surface area (Å²) in [6, 6.07) is -0.176. The second kappa shape index (κ2) is 6.82. The summed E-state index contributed by atoms with van der Waals surface area (Å²) in [6.45, 7) is 6.15. The molecule has 26 heavy (non-hydrogen) atoms. The Balaban J connectivity index is 1.58. The van der Waals surface area contributed by atoms with Gasteiger partial charge in [0.25, 0.3) is 0 Å². The average Bonchev–Trinajstić information content (AvgIpc) is 2.91. The van der Waals surface area contributed by atoms with Gasteiger partial charge in [0.2, 0.25) is 0 Å². The van der Waals surface area contributed by atoms with Crippen molar-refractivity contribution in [1.29, 1.82) is 0 Å². The van der Waals surface area contributed by atoms with E-state index >= 15 is 0 Å². The van der Waals surface area contributed by atoms with Crippen molar-refractivity contribution in [2.24, 2.45) is 0 Å². The molecule has 0 aromatic carbocycles. The van der Waals surface area contributed by atoms with E-state index < -0.39 is 5.54 Å². The summed E-state index contributed by atoms with van der Waals surface area (Å²) in [5, 5.41) is 7.24. The van der Waals surface area contributed by atoms with E-state index in [1.165, 1.54) is 0 Å². The third-order valence-corrected chi connectivity index (χ3v) is 4.93. The number of nitrogens with zero attached hydrogens (tertiary/aromatic N) is 5. The molecule has 4 rings (SSSR count). The molecular weight excluding hydrogens is 336 g/mol. The highest BCUT2D eigenvalue weighted by Crippen LogP contribution is 2.26. The van der Waals surface area contributed by atoms with Gasteiger partial charge in [0.05, 0.1) is 32.6 Å². The van der Waals surface area contributed by atoms with Gasteiger partial charge in [-0.15, -0.1) is 0 Å². The SMILES string of the molecule is Cc1cnc2c(NC(=O)N3CCOCC34COCCN(C)C4)cnn2c1. The molecule has 2 aromatic heterocycles. The molecule has 9 heteroatoms. The summed E-state index contributed by atoms with van der Waals surface area (Å²) >= 11 is 0. The van der Waals surface area contributed by atoms with Gasteiger partial charge in [-0.05, 0) is 19.5 Å². The summed E-state index contributed by atoms with van der Waals surface area (Å²) in [5.74, 6) is 0. The van der Waals surface area contributed by atoms with E-state index in [9.17, 15) is 4.79 Å². The van der Waals surface area contributed by atoms with E-state index in [1.54, 1.807) is 16.9 Å². The first-order chi connectivity index (χ1) is 12.6. The van der Waals surface area contributed by atoms with E-state index in [1.807, 2.05) is 25.1 Å². The Morgan fingerprint density at radius 3 is 2.81 bits per heavy atom. The molecule has 1 atom stereocenters. The van der Waals surface area contributed by atoms with Crippen LogP contribution in [0, 0.1) is 6.92 Å². The molecule has 2 aromatic rings. The Labute approximate surface area is 151 Å². The Morgan fingerprint density at radius 2 is 2.00 bits per heavy atom. The van der Waals surface area contributed by atoms with Crippen LogP contribution in [0.2, 0.25) is 0 Å². The number of carbonyl (C=O) groups excluding carboxylic acids is 1. The van der Waals surface area contributed by atoms with Crippen LogP contribution < -0.4 is 5.32 Å². The number of fused-ring (bicyclic) bond motifs is 1. The lowest BCUT2D eigenvalue weighted by molar-refractivity contribution is -0.0762. The van der Waals surface area contributed by atoms with Crippen molar-refractivity contribution in [3.05, 3.63) is 24.2 Å². The number of nitrogens with one attached hydrogen (secondary N) is 1. The summed E-state index contributed by atoms with van der Waals surface area (Å²) in [6.07, 6.45) is 5.27. The van der Waals surface area contributed by atoms with Crippen LogP contribution in [0.15, 0.2) is 18.6 Å². The number of morpholine rings is 1. The molecular formula is C17H24N6O3. The quantitative estimate of drug-likeness (QED) is 0.802. The zero-order valence-electron chi connectivity index (χ0n) is 15.1. The third kappa shape index (κ3) is 3.13. The van der Waals surface area contributed by atoms with Gasteiger partial charge in [0.15, 0.2) is 5.65 Å². The number of carbonyl (C=O) groups is 1. The zero-order chi connectivity index (χ0) is 18.1. The number of aromatic nitrogens is 3. The van der Waals surface area contributed by atoms with Crippen molar-refractivity contribution in [2.45, 2.75) is 12.5 Å². The normalized spacial score (nSPS) is 24.8. The van der Waals surface area contributed by atoms with E-state index in [2.05, 4.69) is 20.3 Å². The molecule has 9 nitrogen and oxygen atoms in total. The van der Waals surface area contributed by atoms with Gasteiger partial charge in [-0.25, -0.2) is 14.3 Å². The molecule has 0 saturated carbocycles. The minimum Gasteiger partial charge on any atom is -0.378 e. The lowest BCUT2D eigenvalue weighted by atomic mass is 9.97. The molecule has 1 spiro atoms. The molecule has 1 N–H and O–H groups in total. The maximum Gasteiger partial charge on any atom is 0.322 e. The minimum absolute atomic E-state index is 0.176. The van der Waals surface area contributed by atoms with Crippen LogP contribution in [0.3, 0.4) is 0 Å². The first kappa shape index (κ1) is 17.2. The highest BCUT2D eigenvalue weighted by Gasteiger charge is 2.45. The summed E-state index contributed by atoms with van der Waals surface area (Å²) in [5.41, 5.74) is 1.74. The lowest BCUT2D eigenvalue weighted by Gasteiger charge is -2.46. The van der Waals surface area contributed by atoms with Crippen LogP contribution in [0.1, 0.15) is 5.56 Å². The molecule has 2 aliphatic heterocycles. The van der Waals surface area contributed by atoms with Gasteiger partial charge in [-0.1, -0.05) is 0 Å². The van der Waals surface area contributed by atoms with Crippen molar-refractivity contribution in [3.8, 4) is 0 Å². The fourth-order valence-corrected chi connectivity index (χ4v) is 3.65. The monoisotopic (exact) mass is 360 g/mol. The molecule has 2 aliphatic rings. The Bertz CT molecular complexity index is 809. The second-order valence-corrected chi connectivity index (χ2v) is 7.11. The van der Waals surface area contributed by atoms with Crippen LogP contribution in [0.5, 0.6) is 0 Å². The summed E-state index contributed by atoms with van der Waals surface area (Å²) in [4.78, 5) is 21.5. The number of rotatable bonds is 1. The van der Waals surface area contributed by atoms with E-state index in [4.69, 9.17) is 9.47 Å². The Hall–Kier alpha value is -2.23. The van der Waals surface area contributed by atoms with E-state index in [0.717, 1.165) is 12.1 Å². The van der Waals surface area contributed by atoms with Crippen LogP contribution >= 0.6 is 0 Å². The number of urea groups is 1. The minimum atomic E-state index is -0.486. The van der Waals surface area contributed by atoms with Crippen LogP contribution in [-0.4, -0.2) is 89.1 Å². The predicted octanol–water partition coefficient (Wildman–Crippen LogP) is 0.603. The highest BCUT2D eigenvalue weighted by molar-refractivity contribution is 5.93. The first-order valence-electron chi connectivity index (χ1n) is 8.80. The highest BCUT2D eigenvalue weighted by atomic mass is 16.5. The molecule has 140 valence electrons. The molecule has 0 aliphatic carbocycles.